The van der Waals surface area contributed by atoms with Gasteiger partial charge in [-0.3, -0.25) is 14.2 Å². The molecule has 0 unspecified atom stereocenters. The SMILES string of the molecule is COc1ccc(N2CCN(C(=O)c3nn(-c4ccc(OC)cc4)c(=O)n(C)c3=O)CC2)cc1. The number of ether oxygens (including phenoxy) is 2. The number of methoxy groups -OCH3 is 2. The van der Waals surface area contributed by atoms with Crippen LogP contribution in [-0.4, -0.2) is 65.6 Å². The first kappa shape index (κ1) is 22.1. The summed E-state index contributed by atoms with van der Waals surface area (Å²) in [7, 11) is 4.50. The Labute approximate surface area is 190 Å². The number of piperazine rings is 1. The Hall–Kier alpha value is -4.08. The third kappa shape index (κ3) is 4.32. The summed E-state index contributed by atoms with van der Waals surface area (Å²) in [6, 6.07) is 14.4. The molecule has 1 saturated heterocycles. The van der Waals surface area contributed by atoms with Gasteiger partial charge in [0.1, 0.15) is 11.5 Å². The average Bonchev–Trinajstić information content (AvgIpc) is 2.87. The van der Waals surface area contributed by atoms with Gasteiger partial charge in [0, 0.05) is 38.9 Å². The molecule has 172 valence electrons. The molecule has 0 saturated carbocycles. The first-order valence-electron chi connectivity index (χ1n) is 10.5. The molecule has 0 atom stereocenters. The molecule has 4 rings (SSSR count). The lowest BCUT2D eigenvalue weighted by Crippen LogP contribution is -2.51. The molecular weight excluding hydrogens is 426 g/mol. The molecule has 2 aromatic carbocycles. The molecule has 10 heteroatoms. The van der Waals surface area contributed by atoms with E-state index in [1.54, 1.807) is 36.3 Å². The highest BCUT2D eigenvalue weighted by Gasteiger charge is 2.27. The van der Waals surface area contributed by atoms with Gasteiger partial charge >= 0.3 is 5.69 Å². The quantitative estimate of drug-likeness (QED) is 0.569. The normalized spacial score (nSPS) is 13.7. The Morgan fingerprint density at radius 3 is 1.85 bits per heavy atom. The molecule has 2 heterocycles. The molecule has 0 bridgehead atoms. The molecule has 0 N–H and O–H groups in total. The van der Waals surface area contributed by atoms with Crippen LogP contribution >= 0.6 is 0 Å². The van der Waals surface area contributed by atoms with E-state index in [1.807, 2.05) is 24.3 Å². The Kier molecular flexibility index (Phi) is 6.16. The fourth-order valence-electron chi connectivity index (χ4n) is 3.71. The summed E-state index contributed by atoms with van der Waals surface area (Å²) < 4.78 is 12.3. The molecule has 10 nitrogen and oxygen atoms in total. The Morgan fingerprint density at radius 2 is 1.33 bits per heavy atom. The molecule has 0 radical (unpaired) electrons. The van der Waals surface area contributed by atoms with Crippen LogP contribution in [0.2, 0.25) is 0 Å². The number of hydrogen-bond donors (Lipinski definition) is 0. The number of carbonyl (C=O) groups excluding carboxylic acids is 1. The topological polar surface area (TPSA) is 98.9 Å². The van der Waals surface area contributed by atoms with Crippen LogP contribution in [0.4, 0.5) is 5.69 Å². The lowest BCUT2D eigenvalue weighted by molar-refractivity contribution is 0.0735. The van der Waals surface area contributed by atoms with Crippen molar-refractivity contribution >= 4 is 11.6 Å². The second-order valence-electron chi connectivity index (χ2n) is 7.58. The van der Waals surface area contributed by atoms with Crippen molar-refractivity contribution in [3.05, 3.63) is 75.1 Å². The van der Waals surface area contributed by atoms with E-state index in [1.165, 1.54) is 14.2 Å². The zero-order valence-electron chi connectivity index (χ0n) is 18.7. The van der Waals surface area contributed by atoms with Crippen LogP contribution in [0.3, 0.4) is 0 Å². The van der Waals surface area contributed by atoms with Crippen LogP contribution in [0, 0.1) is 0 Å². The van der Waals surface area contributed by atoms with Gasteiger partial charge in [0.05, 0.1) is 19.9 Å². The highest BCUT2D eigenvalue weighted by atomic mass is 16.5. The average molecular weight is 451 g/mol. The number of aromatic nitrogens is 3. The van der Waals surface area contributed by atoms with E-state index < -0.39 is 17.2 Å². The predicted octanol–water partition coefficient (Wildman–Crippen LogP) is 0.911. The standard InChI is InChI=1S/C23H25N5O5/c1-25-21(29)20(24-28(23(25)31)17-6-10-19(33-3)11-7-17)22(30)27-14-12-26(13-15-27)16-4-8-18(32-2)9-5-16/h4-11H,12-15H2,1-3H3. The fourth-order valence-corrected chi connectivity index (χ4v) is 3.71. The molecule has 0 aliphatic carbocycles. The largest absolute Gasteiger partial charge is 0.497 e. The smallest absolute Gasteiger partial charge is 0.351 e. The molecule has 1 aromatic heterocycles. The predicted molar refractivity (Wildman–Crippen MR) is 123 cm³/mol. The minimum Gasteiger partial charge on any atom is -0.497 e. The molecule has 1 fully saturated rings. The number of rotatable bonds is 5. The fraction of sp³-hybridized carbons (Fsp3) is 0.304. The first-order chi connectivity index (χ1) is 15.9. The molecule has 1 aliphatic heterocycles. The van der Waals surface area contributed by atoms with E-state index in [9.17, 15) is 14.4 Å². The summed E-state index contributed by atoms with van der Waals surface area (Å²) in [5, 5.41) is 4.14. The maximum Gasteiger partial charge on any atom is 0.351 e. The third-order valence-corrected chi connectivity index (χ3v) is 5.70. The van der Waals surface area contributed by atoms with Gasteiger partial charge in [0.25, 0.3) is 11.5 Å². The number of hydrogen-bond acceptors (Lipinski definition) is 7. The summed E-state index contributed by atoms with van der Waals surface area (Å²) >= 11 is 0. The van der Waals surface area contributed by atoms with Crippen LogP contribution < -0.4 is 25.6 Å². The van der Waals surface area contributed by atoms with E-state index in [4.69, 9.17) is 9.47 Å². The zero-order chi connectivity index (χ0) is 23.5. The van der Waals surface area contributed by atoms with Gasteiger partial charge in [-0.2, -0.15) is 9.78 Å². The highest BCUT2D eigenvalue weighted by molar-refractivity contribution is 5.92. The third-order valence-electron chi connectivity index (χ3n) is 5.70. The minimum absolute atomic E-state index is 0.286. The van der Waals surface area contributed by atoms with Crippen LogP contribution in [0.1, 0.15) is 10.5 Å². The summed E-state index contributed by atoms with van der Waals surface area (Å²) in [6.07, 6.45) is 0. The molecule has 1 amide bonds. The van der Waals surface area contributed by atoms with E-state index >= 15 is 0 Å². The van der Waals surface area contributed by atoms with Crippen molar-refractivity contribution in [2.45, 2.75) is 0 Å². The van der Waals surface area contributed by atoms with Crippen LogP contribution in [0.5, 0.6) is 11.5 Å². The maximum atomic E-state index is 13.2. The Balaban J connectivity index is 1.56. The van der Waals surface area contributed by atoms with Crippen molar-refractivity contribution in [1.82, 2.24) is 19.2 Å². The number of benzene rings is 2. The van der Waals surface area contributed by atoms with Crippen molar-refractivity contribution in [3.8, 4) is 17.2 Å². The van der Waals surface area contributed by atoms with Gasteiger partial charge in [-0.05, 0) is 48.5 Å². The number of carbonyl (C=O) groups is 1. The number of nitrogens with zero attached hydrogens (tertiary/aromatic N) is 5. The maximum absolute atomic E-state index is 13.2. The van der Waals surface area contributed by atoms with Crippen molar-refractivity contribution in [2.75, 3.05) is 45.3 Å². The van der Waals surface area contributed by atoms with Gasteiger partial charge in [0.2, 0.25) is 5.69 Å². The second kappa shape index (κ2) is 9.19. The van der Waals surface area contributed by atoms with Gasteiger partial charge in [-0.15, -0.1) is 0 Å². The van der Waals surface area contributed by atoms with Crippen molar-refractivity contribution < 1.29 is 14.3 Å². The second-order valence-corrected chi connectivity index (χ2v) is 7.58. The molecule has 33 heavy (non-hydrogen) atoms. The van der Waals surface area contributed by atoms with E-state index in [-0.39, 0.29) is 5.69 Å². The van der Waals surface area contributed by atoms with Crippen LogP contribution in [0.15, 0.2) is 58.1 Å². The Morgan fingerprint density at radius 1 is 0.818 bits per heavy atom. The Bertz CT molecular complexity index is 1260. The van der Waals surface area contributed by atoms with E-state index in [0.29, 0.717) is 37.6 Å². The molecule has 0 spiro atoms. The van der Waals surface area contributed by atoms with E-state index in [2.05, 4.69) is 10.00 Å². The summed E-state index contributed by atoms with van der Waals surface area (Å²) in [5.74, 6) is 0.899. The lowest BCUT2D eigenvalue weighted by atomic mass is 10.2. The van der Waals surface area contributed by atoms with Gasteiger partial charge < -0.3 is 19.3 Å². The molecule has 1 aliphatic rings. The summed E-state index contributed by atoms with van der Waals surface area (Å²) in [5.41, 5.74) is -0.177. The van der Waals surface area contributed by atoms with Gasteiger partial charge in [-0.25, -0.2) is 4.79 Å². The van der Waals surface area contributed by atoms with Crippen molar-refractivity contribution in [2.24, 2.45) is 7.05 Å². The molecular formula is C23H25N5O5. The summed E-state index contributed by atoms with van der Waals surface area (Å²) in [4.78, 5) is 42.3. The monoisotopic (exact) mass is 451 g/mol. The van der Waals surface area contributed by atoms with E-state index in [0.717, 1.165) is 20.7 Å². The zero-order valence-corrected chi connectivity index (χ0v) is 18.7. The minimum atomic E-state index is -0.715. The number of amides is 1. The van der Waals surface area contributed by atoms with Crippen LogP contribution in [-0.2, 0) is 7.05 Å². The highest BCUT2D eigenvalue weighted by Crippen LogP contribution is 2.21. The van der Waals surface area contributed by atoms with Crippen molar-refractivity contribution in [1.29, 1.82) is 0 Å². The van der Waals surface area contributed by atoms with Crippen molar-refractivity contribution in [3.63, 3.8) is 0 Å². The first-order valence-corrected chi connectivity index (χ1v) is 10.5. The summed E-state index contributed by atoms with van der Waals surface area (Å²) in [6.45, 7) is 2.07. The van der Waals surface area contributed by atoms with Crippen LogP contribution in [0.25, 0.3) is 5.69 Å². The number of anilines is 1. The molecule has 3 aromatic rings. The van der Waals surface area contributed by atoms with Gasteiger partial charge in [-0.1, -0.05) is 0 Å². The van der Waals surface area contributed by atoms with Gasteiger partial charge in [0.15, 0.2) is 0 Å². The lowest BCUT2D eigenvalue weighted by Gasteiger charge is -2.35.